The lowest BCUT2D eigenvalue weighted by molar-refractivity contribution is -0.116. The van der Waals surface area contributed by atoms with Crippen LogP contribution in [-0.2, 0) is 4.79 Å². The topological polar surface area (TPSA) is 79.3 Å². The molecule has 3 amide bonds. The number of hydrogen-bond donors (Lipinski definition) is 2. The molecule has 0 aliphatic heterocycles. The van der Waals surface area contributed by atoms with Crippen molar-refractivity contribution in [1.29, 1.82) is 0 Å². The molecular formula is C30H32BrN5O2. The Labute approximate surface area is 232 Å². The second-order valence-corrected chi connectivity index (χ2v) is 10.6. The lowest BCUT2D eigenvalue weighted by Gasteiger charge is -2.24. The van der Waals surface area contributed by atoms with Gasteiger partial charge in [-0.1, -0.05) is 77.8 Å². The van der Waals surface area contributed by atoms with E-state index in [-0.39, 0.29) is 24.4 Å². The van der Waals surface area contributed by atoms with E-state index in [2.05, 4.69) is 26.6 Å². The molecular weight excluding hydrogens is 542 g/mol. The minimum atomic E-state index is -0.331. The molecule has 0 fully saturated rings. The quantitative estimate of drug-likeness (QED) is 0.237. The molecule has 0 saturated heterocycles. The highest BCUT2D eigenvalue weighted by molar-refractivity contribution is 9.10. The van der Waals surface area contributed by atoms with Crippen LogP contribution in [0.1, 0.15) is 25.1 Å². The molecule has 3 aromatic carbocycles. The van der Waals surface area contributed by atoms with Gasteiger partial charge in [-0.2, -0.15) is 5.10 Å². The fourth-order valence-electron chi connectivity index (χ4n) is 4.21. The minimum absolute atomic E-state index is 0.104. The third-order valence-electron chi connectivity index (χ3n) is 5.96. The Kier molecular flexibility index (Phi) is 8.63. The highest BCUT2D eigenvalue weighted by Crippen LogP contribution is 2.33. The predicted octanol–water partition coefficient (Wildman–Crippen LogP) is 7.05. The average Bonchev–Trinajstić information content (AvgIpc) is 3.21. The average molecular weight is 575 g/mol. The Hall–Kier alpha value is -3.91. The largest absolute Gasteiger partial charge is 0.322 e. The number of nitrogens with one attached hydrogen (secondary N) is 2. The van der Waals surface area contributed by atoms with Crippen molar-refractivity contribution in [1.82, 2.24) is 14.7 Å². The minimum Gasteiger partial charge on any atom is -0.315 e. The first-order valence-corrected chi connectivity index (χ1v) is 13.3. The van der Waals surface area contributed by atoms with Crippen LogP contribution >= 0.6 is 15.9 Å². The van der Waals surface area contributed by atoms with Crippen molar-refractivity contribution in [3.05, 3.63) is 94.6 Å². The highest BCUT2D eigenvalue weighted by atomic mass is 79.9. The first kappa shape index (κ1) is 27.1. The zero-order valence-electron chi connectivity index (χ0n) is 22.0. The summed E-state index contributed by atoms with van der Waals surface area (Å²) < 4.78 is 2.67. The number of anilines is 2. The van der Waals surface area contributed by atoms with Gasteiger partial charge in [0.05, 0.1) is 11.4 Å². The van der Waals surface area contributed by atoms with Crippen LogP contribution in [0.15, 0.2) is 83.3 Å². The van der Waals surface area contributed by atoms with Gasteiger partial charge >= 0.3 is 6.03 Å². The maximum absolute atomic E-state index is 13.5. The fraction of sp³-hybridized carbons (Fsp3) is 0.233. The van der Waals surface area contributed by atoms with Crippen LogP contribution in [0.4, 0.5) is 16.3 Å². The number of aromatic nitrogens is 2. The molecule has 0 spiro atoms. The first-order valence-electron chi connectivity index (χ1n) is 12.5. The van der Waals surface area contributed by atoms with E-state index in [0.717, 1.165) is 32.5 Å². The molecule has 0 radical (unpaired) electrons. The van der Waals surface area contributed by atoms with Crippen LogP contribution in [0.25, 0.3) is 16.8 Å². The third kappa shape index (κ3) is 6.69. The number of amides is 3. The number of hydrogen-bond acceptors (Lipinski definition) is 3. The third-order valence-corrected chi connectivity index (χ3v) is 6.49. The smallest absolute Gasteiger partial charge is 0.315 e. The molecule has 4 aromatic rings. The highest BCUT2D eigenvalue weighted by Gasteiger charge is 2.23. The maximum Gasteiger partial charge on any atom is 0.322 e. The summed E-state index contributed by atoms with van der Waals surface area (Å²) >= 11 is 3.40. The van der Waals surface area contributed by atoms with E-state index in [9.17, 15) is 9.59 Å². The number of aryl methyl sites for hydroxylation is 2. The summed E-state index contributed by atoms with van der Waals surface area (Å²) in [6.07, 6.45) is 0. The number of nitrogens with zero attached hydrogens (tertiary/aromatic N) is 3. The van der Waals surface area contributed by atoms with Crippen LogP contribution in [0.2, 0.25) is 0 Å². The molecule has 7 nitrogen and oxygen atoms in total. The summed E-state index contributed by atoms with van der Waals surface area (Å²) in [4.78, 5) is 28.1. The van der Waals surface area contributed by atoms with E-state index in [0.29, 0.717) is 18.1 Å². The summed E-state index contributed by atoms with van der Waals surface area (Å²) in [7, 11) is 0. The van der Waals surface area contributed by atoms with Crippen molar-refractivity contribution >= 4 is 39.4 Å². The molecule has 196 valence electrons. The van der Waals surface area contributed by atoms with Crippen molar-refractivity contribution in [2.75, 3.05) is 23.7 Å². The molecule has 1 aromatic heterocycles. The summed E-state index contributed by atoms with van der Waals surface area (Å²) in [6, 6.07) is 24.8. The Morgan fingerprint density at radius 2 is 1.58 bits per heavy atom. The fourth-order valence-corrected chi connectivity index (χ4v) is 4.47. The zero-order valence-corrected chi connectivity index (χ0v) is 23.6. The molecule has 0 unspecified atom stereocenters. The number of carbonyl (C=O) groups is 2. The van der Waals surface area contributed by atoms with Gasteiger partial charge in [-0.05, 0) is 61.7 Å². The molecule has 0 atom stereocenters. The van der Waals surface area contributed by atoms with Gasteiger partial charge < -0.3 is 15.5 Å². The van der Waals surface area contributed by atoms with Crippen LogP contribution in [-0.4, -0.2) is 39.7 Å². The van der Waals surface area contributed by atoms with Crippen molar-refractivity contribution < 1.29 is 9.59 Å². The molecule has 0 aliphatic rings. The van der Waals surface area contributed by atoms with Crippen molar-refractivity contribution in [3.8, 4) is 16.8 Å². The van der Waals surface area contributed by atoms with Crippen molar-refractivity contribution in [2.24, 2.45) is 5.92 Å². The number of benzene rings is 3. The van der Waals surface area contributed by atoms with Gasteiger partial charge in [-0.3, -0.25) is 4.79 Å². The molecule has 4 rings (SSSR count). The Morgan fingerprint density at radius 1 is 0.921 bits per heavy atom. The van der Waals surface area contributed by atoms with E-state index in [1.54, 1.807) is 4.68 Å². The molecule has 8 heteroatoms. The van der Waals surface area contributed by atoms with E-state index in [1.807, 2.05) is 107 Å². The second kappa shape index (κ2) is 12.1. The van der Waals surface area contributed by atoms with E-state index >= 15 is 0 Å². The number of rotatable bonds is 8. The lowest BCUT2D eigenvalue weighted by Crippen LogP contribution is -2.42. The Morgan fingerprint density at radius 3 is 2.21 bits per heavy atom. The van der Waals surface area contributed by atoms with Gasteiger partial charge in [-0.15, -0.1) is 0 Å². The van der Waals surface area contributed by atoms with E-state index in [1.165, 1.54) is 4.90 Å². The Balaban J connectivity index is 1.63. The molecule has 38 heavy (non-hydrogen) atoms. The van der Waals surface area contributed by atoms with Gasteiger partial charge in [0.2, 0.25) is 5.91 Å². The number of urea groups is 1. The van der Waals surface area contributed by atoms with Crippen LogP contribution in [0.5, 0.6) is 0 Å². The zero-order chi connectivity index (χ0) is 27.2. The van der Waals surface area contributed by atoms with Crippen LogP contribution in [0.3, 0.4) is 0 Å². The van der Waals surface area contributed by atoms with Gasteiger partial charge in [0, 0.05) is 22.3 Å². The lowest BCUT2D eigenvalue weighted by atomic mass is 10.1. The molecule has 1 heterocycles. The molecule has 0 saturated carbocycles. The summed E-state index contributed by atoms with van der Waals surface area (Å²) in [5.74, 6) is 0.445. The summed E-state index contributed by atoms with van der Waals surface area (Å²) in [6.45, 7) is 8.31. The first-order chi connectivity index (χ1) is 18.2. The number of carbonyl (C=O) groups excluding carboxylic acids is 2. The predicted molar refractivity (Wildman–Crippen MR) is 157 cm³/mol. The van der Waals surface area contributed by atoms with E-state index in [4.69, 9.17) is 5.10 Å². The monoisotopic (exact) mass is 573 g/mol. The van der Waals surface area contributed by atoms with Crippen LogP contribution < -0.4 is 10.6 Å². The maximum atomic E-state index is 13.5. The Bertz CT molecular complexity index is 1400. The molecule has 2 N–H and O–H groups in total. The number of halogens is 1. The molecule has 0 aliphatic carbocycles. The van der Waals surface area contributed by atoms with Gasteiger partial charge in [0.15, 0.2) is 0 Å². The van der Waals surface area contributed by atoms with Crippen LogP contribution in [0, 0.1) is 19.8 Å². The summed E-state index contributed by atoms with van der Waals surface area (Å²) in [5, 5.41) is 10.7. The summed E-state index contributed by atoms with van der Waals surface area (Å²) in [5.41, 5.74) is 5.21. The van der Waals surface area contributed by atoms with Gasteiger partial charge in [0.1, 0.15) is 12.4 Å². The van der Waals surface area contributed by atoms with E-state index < -0.39 is 0 Å². The normalized spacial score (nSPS) is 10.9. The van der Waals surface area contributed by atoms with Gasteiger partial charge in [-0.25, -0.2) is 9.48 Å². The van der Waals surface area contributed by atoms with Crippen molar-refractivity contribution in [3.63, 3.8) is 0 Å². The molecule has 0 bridgehead atoms. The standard InChI is InChI=1S/C30H32BrN5O2/c1-20(2)18-35(30(38)32-25-14-12-24(31)13-15-25)19-27(37)33-29-28(23-8-6-5-7-9-23)22(4)34-36(29)26-16-10-21(3)11-17-26/h5-17,20H,18-19H2,1-4H3,(H,32,38)(H,33,37). The van der Waals surface area contributed by atoms with Crippen molar-refractivity contribution in [2.45, 2.75) is 27.7 Å². The second-order valence-electron chi connectivity index (χ2n) is 9.68. The SMILES string of the molecule is Cc1ccc(-n2nc(C)c(-c3ccccc3)c2NC(=O)CN(CC(C)C)C(=O)Nc2ccc(Br)cc2)cc1. The van der Waals surface area contributed by atoms with Gasteiger partial charge in [0.25, 0.3) is 0 Å².